The van der Waals surface area contributed by atoms with Crippen LogP contribution in [0.4, 0.5) is 5.82 Å². The molecule has 1 aromatic carbocycles. The highest BCUT2D eigenvalue weighted by atomic mass is 35.5. The van der Waals surface area contributed by atoms with E-state index in [-0.39, 0.29) is 5.41 Å². The first-order valence-corrected chi connectivity index (χ1v) is 10.1. The SMILES string of the molecule is Cc1nn2c(N3CCCCC3)cc(C(C)(C)C)nc2c1-c1ccccc1Cl. The van der Waals surface area contributed by atoms with Gasteiger partial charge in [-0.15, -0.1) is 0 Å². The van der Waals surface area contributed by atoms with E-state index in [1.54, 1.807) is 0 Å². The van der Waals surface area contributed by atoms with Gasteiger partial charge in [0.25, 0.3) is 0 Å². The lowest BCUT2D eigenvalue weighted by Crippen LogP contribution is -2.32. The Kier molecular flexibility index (Phi) is 4.63. The van der Waals surface area contributed by atoms with E-state index >= 15 is 0 Å². The monoisotopic (exact) mass is 382 g/mol. The molecule has 0 bridgehead atoms. The average Bonchev–Trinajstić information content (AvgIpc) is 2.97. The number of anilines is 1. The minimum atomic E-state index is -0.0395. The van der Waals surface area contributed by atoms with E-state index < -0.39 is 0 Å². The van der Waals surface area contributed by atoms with Gasteiger partial charge in [0.2, 0.25) is 0 Å². The molecule has 142 valence electrons. The summed E-state index contributed by atoms with van der Waals surface area (Å²) in [6, 6.07) is 10.2. The highest BCUT2D eigenvalue weighted by Gasteiger charge is 2.25. The Morgan fingerprint density at radius 1 is 1.04 bits per heavy atom. The number of aromatic nitrogens is 3. The summed E-state index contributed by atoms with van der Waals surface area (Å²) in [6.45, 7) is 10.8. The minimum absolute atomic E-state index is 0.0395. The molecule has 1 aliphatic heterocycles. The second kappa shape index (κ2) is 6.83. The van der Waals surface area contributed by atoms with Crippen molar-refractivity contribution in [2.75, 3.05) is 18.0 Å². The normalized spacial score (nSPS) is 15.5. The van der Waals surface area contributed by atoms with Crippen molar-refractivity contribution in [3.8, 4) is 11.1 Å². The van der Waals surface area contributed by atoms with Gasteiger partial charge in [0.05, 0.1) is 17.0 Å². The van der Waals surface area contributed by atoms with Crippen molar-refractivity contribution >= 4 is 23.1 Å². The number of piperidine rings is 1. The maximum Gasteiger partial charge on any atom is 0.165 e. The Morgan fingerprint density at radius 3 is 2.41 bits per heavy atom. The molecular weight excluding hydrogens is 356 g/mol. The molecule has 3 heterocycles. The summed E-state index contributed by atoms with van der Waals surface area (Å²) in [5.41, 5.74) is 4.93. The average molecular weight is 383 g/mol. The second-order valence-corrected chi connectivity index (χ2v) is 8.88. The molecule has 0 saturated carbocycles. The van der Waals surface area contributed by atoms with E-state index in [1.807, 2.05) is 29.6 Å². The standard InChI is InChI=1S/C22H27ClN4/c1-15-20(16-10-6-7-11-17(16)23)21-24-18(22(2,3)4)14-19(27(21)25-15)26-12-8-5-9-13-26/h6-7,10-11,14H,5,8-9,12-13H2,1-4H3. The Labute approximate surface area is 166 Å². The fraction of sp³-hybridized carbons (Fsp3) is 0.455. The molecule has 0 amide bonds. The molecule has 1 fully saturated rings. The molecule has 4 nitrogen and oxygen atoms in total. The summed E-state index contributed by atoms with van der Waals surface area (Å²) in [5, 5.41) is 5.62. The van der Waals surface area contributed by atoms with Crippen LogP contribution < -0.4 is 4.90 Å². The predicted octanol–water partition coefficient (Wildman–Crippen LogP) is 5.65. The lowest BCUT2D eigenvalue weighted by atomic mass is 9.91. The van der Waals surface area contributed by atoms with Crippen molar-refractivity contribution in [2.24, 2.45) is 0 Å². The van der Waals surface area contributed by atoms with Crippen LogP contribution in [-0.2, 0) is 5.41 Å². The first-order chi connectivity index (χ1) is 12.9. The van der Waals surface area contributed by atoms with Gasteiger partial charge >= 0.3 is 0 Å². The molecule has 4 rings (SSSR count). The first kappa shape index (κ1) is 18.3. The van der Waals surface area contributed by atoms with Gasteiger partial charge in [0.15, 0.2) is 5.65 Å². The molecule has 3 aromatic rings. The van der Waals surface area contributed by atoms with Crippen LogP contribution in [-0.4, -0.2) is 27.7 Å². The summed E-state index contributed by atoms with van der Waals surface area (Å²) in [4.78, 5) is 7.51. The Morgan fingerprint density at radius 2 is 1.74 bits per heavy atom. The van der Waals surface area contributed by atoms with E-state index in [2.05, 4.69) is 37.8 Å². The quantitative estimate of drug-likeness (QED) is 0.574. The molecule has 5 heteroatoms. The number of hydrogen-bond donors (Lipinski definition) is 0. The van der Waals surface area contributed by atoms with Gasteiger partial charge in [0.1, 0.15) is 5.82 Å². The molecule has 0 unspecified atom stereocenters. The number of rotatable bonds is 2. The zero-order valence-electron chi connectivity index (χ0n) is 16.6. The summed E-state index contributed by atoms with van der Waals surface area (Å²) in [6.07, 6.45) is 3.76. The number of hydrogen-bond acceptors (Lipinski definition) is 3. The summed E-state index contributed by atoms with van der Waals surface area (Å²) >= 11 is 6.53. The Hall–Kier alpha value is -2.07. The maximum absolute atomic E-state index is 6.53. The highest BCUT2D eigenvalue weighted by molar-refractivity contribution is 6.33. The summed E-state index contributed by atoms with van der Waals surface area (Å²) < 4.78 is 2.02. The fourth-order valence-electron chi connectivity index (χ4n) is 3.82. The third kappa shape index (κ3) is 3.31. The van der Waals surface area contributed by atoms with Gasteiger partial charge in [-0.1, -0.05) is 50.6 Å². The lowest BCUT2D eigenvalue weighted by Gasteiger charge is -2.30. The van der Waals surface area contributed by atoms with E-state index in [1.165, 1.54) is 19.3 Å². The summed E-state index contributed by atoms with van der Waals surface area (Å²) in [5.74, 6) is 1.14. The third-order valence-electron chi connectivity index (χ3n) is 5.34. The van der Waals surface area contributed by atoms with Crippen molar-refractivity contribution in [2.45, 2.75) is 52.4 Å². The molecule has 0 atom stereocenters. The van der Waals surface area contributed by atoms with E-state index in [4.69, 9.17) is 21.7 Å². The van der Waals surface area contributed by atoms with Gasteiger partial charge in [0, 0.05) is 35.2 Å². The molecule has 0 spiro atoms. The van der Waals surface area contributed by atoms with E-state index in [9.17, 15) is 0 Å². The zero-order chi connectivity index (χ0) is 19.2. The van der Waals surface area contributed by atoms with Crippen LogP contribution in [0, 0.1) is 6.92 Å². The summed E-state index contributed by atoms with van der Waals surface area (Å²) in [7, 11) is 0. The number of nitrogens with zero attached hydrogens (tertiary/aromatic N) is 4. The first-order valence-electron chi connectivity index (χ1n) is 9.77. The number of aryl methyl sites for hydroxylation is 1. The van der Waals surface area contributed by atoms with Crippen LogP contribution in [0.25, 0.3) is 16.8 Å². The van der Waals surface area contributed by atoms with Crippen molar-refractivity contribution in [1.29, 1.82) is 0 Å². The number of fused-ring (bicyclic) bond motifs is 1. The maximum atomic E-state index is 6.53. The molecule has 0 radical (unpaired) electrons. The topological polar surface area (TPSA) is 33.4 Å². The molecule has 0 N–H and O–H groups in total. The van der Waals surface area contributed by atoms with E-state index in [0.717, 1.165) is 52.1 Å². The molecule has 1 aliphatic rings. The minimum Gasteiger partial charge on any atom is -0.356 e. The van der Waals surface area contributed by atoms with Crippen molar-refractivity contribution in [3.05, 3.63) is 46.7 Å². The van der Waals surface area contributed by atoms with Crippen LogP contribution in [0.3, 0.4) is 0 Å². The number of halogens is 1. The molecule has 27 heavy (non-hydrogen) atoms. The van der Waals surface area contributed by atoms with Crippen molar-refractivity contribution < 1.29 is 0 Å². The third-order valence-corrected chi connectivity index (χ3v) is 5.67. The van der Waals surface area contributed by atoms with Crippen molar-refractivity contribution in [3.63, 3.8) is 0 Å². The van der Waals surface area contributed by atoms with Crippen LogP contribution in [0.15, 0.2) is 30.3 Å². The Balaban J connectivity index is 2.01. The molecular formula is C22H27ClN4. The molecule has 0 aliphatic carbocycles. The van der Waals surface area contributed by atoms with Gasteiger partial charge in [-0.3, -0.25) is 0 Å². The van der Waals surface area contributed by atoms with Gasteiger partial charge < -0.3 is 4.90 Å². The fourth-order valence-corrected chi connectivity index (χ4v) is 4.05. The van der Waals surface area contributed by atoms with E-state index in [0.29, 0.717) is 0 Å². The zero-order valence-corrected chi connectivity index (χ0v) is 17.3. The van der Waals surface area contributed by atoms with Gasteiger partial charge in [-0.2, -0.15) is 9.61 Å². The predicted molar refractivity (Wildman–Crippen MR) is 113 cm³/mol. The van der Waals surface area contributed by atoms with Crippen LogP contribution in [0.2, 0.25) is 5.02 Å². The van der Waals surface area contributed by atoms with Crippen LogP contribution >= 0.6 is 11.6 Å². The van der Waals surface area contributed by atoms with Crippen molar-refractivity contribution in [1.82, 2.24) is 14.6 Å². The lowest BCUT2D eigenvalue weighted by molar-refractivity contribution is 0.553. The van der Waals surface area contributed by atoms with Crippen LogP contribution in [0.5, 0.6) is 0 Å². The van der Waals surface area contributed by atoms with Gasteiger partial charge in [-0.25, -0.2) is 4.98 Å². The number of benzene rings is 1. The highest BCUT2D eigenvalue weighted by Crippen LogP contribution is 2.36. The smallest absolute Gasteiger partial charge is 0.165 e. The molecule has 1 saturated heterocycles. The van der Waals surface area contributed by atoms with Gasteiger partial charge in [-0.05, 0) is 32.3 Å². The Bertz CT molecular complexity index is 978. The van der Waals surface area contributed by atoms with Crippen LogP contribution in [0.1, 0.15) is 51.4 Å². The molecule has 2 aromatic heterocycles. The largest absolute Gasteiger partial charge is 0.356 e. The second-order valence-electron chi connectivity index (χ2n) is 8.47.